The summed E-state index contributed by atoms with van der Waals surface area (Å²) in [5.41, 5.74) is 0.0387. The third-order valence-corrected chi connectivity index (χ3v) is 5.31. The normalized spacial score (nSPS) is 11.3. The van der Waals surface area contributed by atoms with Gasteiger partial charge in [-0.2, -0.15) is 0 Å². The van der Waals surface area contributed by atoms with Gasteiger partial charge in [-0.3, -0.25) is 4.98 Å². The second-order valence-electron chi connectivity index (χ2n) is 4.22. The van der Waals surface area contributed by atoms with E-state index in [9.17, 15) is 17.6 Å². The fourth-order valence-corrected chi connectivity index (χ4v) is 4.12. The molecule has 0 fully saturated rings. The molecule has 0 aliphatic carbocycles. The lowest BCUT2D eigenvalue weighted by Gasteiger charge is -2.08. The molecule has 0 saturated carbocycles. The Balaban J connectivity index is 2.44. The quantitative estimate of drug-likeness (QED) is 0.890. The van der Waals surface area contributed by atoms with Gasteiger partial charge in [0, 0.05) is 10.7 Å². The molecule has 0 saturated heterocycles. The number of aromatic carboxylic acids is 1. The van der Waals surface area contributed by atoms with E-state index >= 15 is 0 Å². The minimum absolute atomic E-state index is 0.144. The number of pyridine rings is 1. The Morgan fingerprint density at radius 1 is 1.29 bits per heavy atom. The lowest BCUT2D eigenvalue weighted by atomic mass is 10.2. The maximum Gasteiger partial charge on any atom is 0.335 e. The number of rotatable bonds is 4. The summed E-state index contributed by atoms with van der Waals surface area (Å²) in [5.74, 6) is -2.34. The van der Waals surface area contributed by atoms with Crippen molar-refractivity contribution < 1.29 is 22.7 Å². The lowest BCUT2D eigenvalue weighted by Crippen LogP contribution is -2.08. The van der Waals surface area contributed by atoms with Crippen molar-refractivity contribution >= 4 is 31.7 Å². The van der Waals surface area contributed by atoms with Gasteiger partial charge in [-0.15, -0.1) is 0 Å². The zero-order valence-electron chi connectivity index (χ0n) is 10.5. The number of benzene rings is 1. The number of aromatic nitrogens is 1. The summed E-state index contributed by atoms with van der Waals surface area (Å²) < 4.78 is 38.0. The zero-order chi connectivity index (χ0) is 15.6. The van der Waals surface area contributed by atoms with Crippen molar-refractivity contribution in [3.63, 3.8) is 0 Å². The monoisotopic (exact) mass is 373 g/mol. The predicted molar refractivity (Wildman–Crippen MR) is 76.2 cm³/mol. The van der Waals surface area contributed by atoms with Gasteiger partial charge in [0.2, 0.25) is 0 Å². The average molecular weight is 374 g/mol. The van der Waals surface area contributed by atoms with Gasteiger partial charge >= 0.3 is 5.97 Å². The largest absolute Gasteiger partial charge is 0.478 e. The first-order chi connectivity index (χ1) is 9.79. The van der Waals surface area contributed by atoms with Crippen molar-refractivity contribution in [1.82, 2.24) is 4.98 Å². The van der Waals surface area contributed by atoms with Gasteiger partial charge < -0.3 is 5.11 Å². The van der Waals surface area contributed by atoms with E-state index < -0.39 is 27.4 Å². The zero-order valence-corrected chi connectivity index (χ0v) is 12.9. The molecule has 0 spiro atoms. The molecule has 21 heavy (non-hydrogen) atoms. The van der Waals surface area contributed by atoms with Crippen molar-refractivity contribution in [2.45, 2.75) is 10.6 Å². The second kappa shape index (κ2) is 5.90. The average Bonchev–Trinajstić information content (AvgIpc) is 2.38. The van der Waals surface area contributed by atoms with E-state index in [0.717, 1.165) is 18.3 Å². The van der Waals surface area contributed by atoms with Crippen LogP contribution in [0, 0.1) is 5.82 Å². The minimum atomic E-state index is -3.83. The Labute approximate surface area is 128 Å². The third kappa shape index (κ3) is 3.64. The van der Waals surface area contributed by atoms with Crippen molar-refractivity contribution in [2.75, 3.05) is 0 Å². The van der Waals surface area contributed by atoms with Crippen LogP contribution in [-0.4, -0.2) is 24.5 Å². The molecule has 0 atom stereocenters. The molecule has 1 heterocycles. The van der Waals surface area contributed by atoms with Crippen LogP contribution in [0.5, 0.6) is 0 Å². The Morgan fingerprint density at radius 3 is 2.62 bits per heavy atom. The fraction of sp³-hybridized carbons (Fsp3) is 0.0769. The first-order valence-corrected chi connectivity index (χ1v) is 8.09. The molecule has 0 aliphatic heterocycles. The number of carboxylic acids is 1. The van der Waals surface area contributed by atoms with Crippen LogP contribution in [-0.2, 0) is 15.6 Å². The summed E-state index contributed by atoms with van der Waals surface area (Å²) >= 11 is 3.08. The van der Waals surface area contributed by atoms with Gasteiger partial charge in [0.05, 0.1) is 22.4 Å². The Morgan fingerprint density at radius 2 is 2.00 bits per heavy atom. The van der Waals surface area contributed by atoms with Gasteiger partial charge in [-0.05, 0) is 45.8 Å². The second-order valence-corrected chi connectivity index (χ2v) is 7.03. The molecular formula is C13H9BrFNO4S. The van der Waals surface area contributed by atoms with E-state index in [1.54, 1.807) is 0 Å². The number of sulfone groups is 1. The molecule has 0 aliphatic rings. The Kier molecular flexibility index (Phi) is 4.38. The summed E-state index contributed by atoms with van der Waals surface area (Å²) in [4.78, 5) is 14.3. The van der Waals surface area contributed by atoms with Crippen LogP contribution in [0.1, 0.15) is 15.9 Å². The summed E-state index contributed by atoms with van der Waals surface area (Å²) in [7, 11) is -3.83. The third-order valence-electron chi connectivity index (χ3n) is 2.63. The molecule has 0 bridgehead atoms. The summed E-state index contributed by atoms with van der Waals surface area (Å²) in [6.07, 6.45) is 2.21. The molecule has 0 radical (unpaired) electrons. The first kappa shape index (κ1) is 15.6. The van der Waals surface area contributed by atoms with Crippen LogP contribution in [0.3, 0.4) is 0 Å². The highest BCUT2D eigenvalue weighted by Crippen LogP contribution is 2.26. The number of carboxylic acid groups (broad SMARTS) is 1. The molecule has 1 aromatic heterocycles. The fourth-order valence-electron chi connectivity index (χ4n) is 1.71. The van der Waals surface area contributed by atoms with Crippen LogP contribution < -0.4 is 0 Å². The molecule has 110 valence electrons. The minimum Gasteiger partial charge on any atom is -0.478 e. The van der Waals surface area contributed by atoms with E-state index in [0.29, 0.717) is 0 Å². The van der Waals surface area contributed by atoms with Crippen LogP contribution in [0.4, 0.5) is 4.39 Å². The molecule has 0 unspecified atom stereocenters. The number of hydrogen-bond acceptors (Lipinski definition) is 4. The summed E-state index contributed by atoms with van der Waals surface area (Å²) in [6.45, 7) is 0. The Bertz CT molecular complexity index is 808. The van der Waals surface area contributed by atoms with E-state index in [1.165, 1.54) is 18.3 Å². The molecule has 0 amide bonds. The van der Waals surface area contributed by atoms with Gasteiger partial charge in [0.1, 0.15) is 5.82 Å². The molecule has 2 aromatic rings. The van der Waals surface area contributed by atoms with Crippen molar-refractivity contribution in [1.29, 1.82) is 0 Å². The van der Waals surface area contributed by atoms with Gasteiger partial charge in [0.15, 0.2) is 9.84 Å². The summed E-state index contributed by atoms with van der Waals surface area (Å²) in [6, 6.07) is 4.77. The van der Waals surface area contributed by atoms with Crippen LogP contribution in [0.25, 0.3) is 0 Å². The molecule has 1 aromatic carbocycles. The number of halogens is 2. The number of nitrogens with zero attached hydrogens (tertiary/aromatic N) is 1. The van der Waals surface area contributed by atoms with E-state index in [1.807, 2.05) is 0 Å². The number of hydrogen-bond donors (Lipinski definition) is 1. The first-order valence-electron chi connectivity index (χ1n) is 5.64. The standard InChI is InChI=1S/C13H9BrFNO4S/c14-11-2-1-9(13(17)18)4-12(11)21(19,20)7-8-3-10(15)6-16-5-8/h1-6H,7H2,(H,17,18). The van der Waals surface area contributed by atoms with Crippen molar-refractivity contribution in [2.24, 2.45) is 0 Å². The Hall–Kier alpha value is -1.80. The molecule has 1 N–H and O–H groups in total. The van der Waals surface area contributed by atoms with E-state index in [2.05, 4.69) is 20.9 Å². The maximum absolute atomic E-state index is 13.0. The number of carbonyl (C=O) groups is 1. The predicted octanol–water partition coefficient (Wildman–Crippen LogP) is 2.66. The van der Waals surface area contributed by atoms with Gasteiger partial charge in [0.25, 0.3) is 0 Å². The van der Waals surface area contributed by atoms with E-state index in [-0.39, 0.29) is 20.5 Å². The highest BCUT2D eigenvalue weighted by atomic mass is 79.9. The van der Waals surface area contributed by atoms with Crippen LogP contribution in [0.2, 0.25) is 0 Å². The summed E-state index contributed by atoms with van der Waals surface area (Å²) in [5, 5.41) is 8.92. The SMILES string of the molecule is O=C(O)c1ccc(Br)c(S(=O)(=O)Cc2cncc(F)c2)c1. The van der Waals surface area contributed by atoms with Crippen molar-refractivity contribution in [3.8, 4) is 0 Å². The lowest BCUT2D eigenvalue weighted by molar-refractivity contribution is 0.0696. The topological polar surface area (TPSA) is 84.3 Å². The maximum atomic E-state index is 13.0. The van der Waals surface area contributed by atoms with E-state index in [4.69, 9.17) is 5.11 Å². The van der Waals surface area contributed by atoms with Crippen LogP contribution in [0.15, 0.2) is 46.0 Å². The highest BCUT2D eigenvalue weighted by Gasteiger charge is 2.21. The highest BCUT2D eigenvalue weighted by molar-refractivity contribution is 9.10. The van der Waals surface area contributed by atoms with Crippen LogP contribution >= 0.6 is 15.9 Å². The molecule has 8 heteroatoms. The molecular weight excluding hydrogens is 365 g/mol. The van der Waals surface area contributed by atoms with Crippen molar-refractivity contribution in [3.05, 3.63) is 58.1 Å². The van der Waals surface area contributed by atoms with Gasteiger partial charge in [-0.25, -0.2) is 17.6 Å². The smallest absolute Gasteiger partial charge is 0.335 e. The van der Waals surface area contributed by atoms with Gasteiger partial charge in [-0.1, -0.05) is 0 Å². The molecule has 2 rings (SSSR count). The molecule has 5 nitrogen and oxygen atoms in total.